The second-order valence-electron chi connectivity index (χ2n) is 5.33. The maximum Gasteiger partial charge on any atom is 0.0668 e. The summed E-state index contributed by atoms with van der Waals surface area (Å²) in [5.74, 6) is 1.46. The van der Waals surface area contributed by atoms with E-state index < -0.39 is 0 Å². The van der Waals surface area contributed by atoms with Crippen molar-refractivity contribution in [2.45, 2.75) is 58.0 Å². The molecule has 0 aromatic carbocycles. The Morgan fingerprint density at radius 3 is 2.47 bits per heavy atom. The van der Waals surface area contributed by atoms with Gasteiger partial charge in [-0.3, -0.25) is 0 Å². The number of hydrogen-bond acceptors (Lipinski definition) is 1. The lowest BCUT2D eigenvalue weighted by Crippen LogP contribution is -2.37. The molecule has 0 aromatic rings. The standard InChI is InChI=1S/C14H24O/c1-11(2)13-9-6-10-15-14(13)12-7-4-3-5-8-12/h12-14H,1,3-10H2,2H3/t13-,14-/m1/s1. The molecule has 1 heterocycles. The first kappa shape index (κ1) is 11.2. The quantitative estimate of drug-likeness (QED) is 0.625. The van der Waals surface area contributed by atoms with Gasteiger partial charge in [0.15, 0.2) is 0 Å². The van der Waals surface area contributed by atoms with Crippen molar-refractivity contribution in [2.75, 3.05) is 6.61 Å². The molecule has 0 radical (unpaired) electrons. The highest BCUT2D eigenvalue weighted by atomic mass is 16.5. The highest BCUT2D eigenvalue weighted by Crippen LogP contribution is 2.37. The summed E-state index contributed by atoms with van der Waals surface area (Å²) in [4.78, 5) is 0. The van der Waals surface area contributed by atoms with Crippen LogP contribution < -0.4 is 0 Å². The molecule has 1 nitrogen and oxygen atoms in total. The average Bonchev–Trinajstić information content (AvgIpc) is 2.30. The fourth-order valence-electron chi connectivity index (χ4n) is 3.26. The van der Waals surface area contributed by atoms with Gasteiger partial charge in [0, 0.05) is 12.5 Å². The van der Waals surface area contributed by atoms with Gasteiger partial charge in [0.25, 0.3) is 0 Å². The van der Waals surface area contributed by atoms with Crippen molar-refractivity contribution in [3.63, 3.8) is 0 Å². The minimum atomic E-state index is 0.497. The Balaban J connectivity index is 1.99. The van der Waals surface area contributed by atoms with Crippen LogP contribution in [0, 0.1) is 11.8 Å². The molecule has 2 atom stereocenters. The van der Waals surface area contributed by atoms with E-state index in [2.05, 4.69) is 13.5 Å². The molecule has 1 saturated carbocycles. The van der Waals surface area contributed by atoms with E-state index in [4.69, 9.17) is 4.74 Å². The Labute approximate surface area is 93.9 Å². The van der Waals surface area contributed by atoms with Gasteiger partial charge in [0.05, 0.1) is 6.10 Å². The number of ether oxygens (including phenoxy) is 1. The van der Waals surface area contributed by atoms with Crippen LogP contribution in [0.2, 0.25) is 0 Å². The van der Waals surface area contributed by atoms with Crippen molar-refractivity contribution in [1.29, 1.82) is 0 Å². The summed E-state index contributed by atoms with van der Waals surface area (Å²) in [6.45, 7) is 7.30. The van der Waals surface area contributed by atoms with Crippen LogP contribution in [0.4, 0.5) is 0 Å². The second kappa shape index (κ2) is 5.16. The average molecular weight is 208 g/mol. The molecule has 0 aromatic heterocycles. The van der Waals surface area contributed by atoms with Gasteiger partial charge in [0.1, 0.15) is 0 Å². The molecule has 0 spiro atoms. The highest BCUT2D eigenvalue weighted by molar-refractivity contribution is 5.02. The summed E-state index contributed by atoms with van der Waals surface area (Å²) in [7, 11) is 0. The minimum Gasteiger partial charge on any atom is -0.377 e. The predicted octanol–water partition coefficient (Wildman–Crippen LogP) is 3.94. The van der Waals surface area contributed by atoms with Gasteiger partial charge in [0.2, 0.25) is 0 Å². The molecule has 2 aliphatic rings. The molecule has 1 aliphatic carbocycles. The lowest BCUT2D eigenvalue weighted by atomic mass is 9.76. The first-order valence-electron chi connectivity index (χ1n) is 6.56. The zero-order chi connectivity index (χ0) is 10.7. The van der Waals surface area contributed by atoms with E-state index in [1.54, 1.807) is 0 Å². The molecule has 15 heavy (non-hydrogen) atoms. The van der Waals surface area contributed by atoms with Crippen LogP contribution in [0.15, 0.2) is 12.2 Å². The Kier molecular flexibility index (Phi) is 3.85. The minimum absolute atomic E-state index is 0.497. The van der Waals surface area contributed by atoms with Gasteiger partial charge in [-0.05, 0) is 38.5 Å². The maximum atomic E-state index is 6.03. The molecule has 0 unspecified atom stereocenters. The molecule has 0 N–H and O–H groups in total. The monoisotopic (exact) mass is 208 g/mol. The van der Waals surface area contributed by atoms with Crippen LogP contribution in [-0.4, -0.2) is 12.7 Å². The van der Waals surface area contributed by atoms with Crippen molar-refractivity contribution >= 4 is 0 Å². The van der Waals surface area contributed by atoms with Crippen LogP contribution in [0.5, 0.6) is 0 Å². The first-order chi connectivity index (χ1) is 7.29. The van der Waals surface area contributed by atoms with Crippen LogP contribution >= 0.6 is 0 Å². The maximum absolute atomic E-state index is 6.03. The summed E-state index contributed by atoms with van der Waals surface area (Å²) in [6, 6.07) is 0. The third kappa shape index (κ3) is 2.63. The smallest absolute Gasteiger partial charge is 0.0668 e. The lowest BCUT2D eigenvalue weighted by Gasteiger charge is -2.39. The second-order valence-corrected chi connectivity index (χ2v) is 5.33. The first-order valence-corrected chi connectivity index (χ1v) is 6.56. The highest BCUT2D eigenvalue weighted by Gasteiger charge is 2.33. The molecule has 1 heteroatoms. The predicted molar refractivity (Wildman–Crippen MR) is 63.9 cm³/mol. The molecule has 2 fully saturated rings. The fraction of sp³-hybridized carbons (Fsp3) is 0.857. The number of hydrogen-bond donors (Lipinski definition) is 0. The van der Waals surface area contributed by atoms with Gasteiger partial charge in [-0.15, -0.1) is 0 Å². The van der Waals surface area contributed by atoms with E-state index in [0.29, 0.717) is 12.0 Å². The van der Waals surface area contributed by atoms with Crippen LogP contribution in [-0.2, 0) is 4.74 Å². The third-order valence-corrected chi connectivity index (χ3v) is 4.11. The van der Waals surface area contributed by atoms with Gasteiger partial charge in [-0.25, -0.2) is 0 Å². The Hall–Kier alpha value is -0.300. The van der Waals surface area contributed by atoms with E-state index in [-0.39, 0.29) is 0 Å². The van der Waals surface area contributed by atoms with E-state index in [0.717, 1.165) is 12.5 Å². The van der Waals surface area contributed by atoms with E-state index >= 15 is 0 Å². The molecule has 86 valence electrons. The summed E-state index contributed by atoms with van der Waals surface area (Å²) in [6.07, 6.45) is 10.0. The molecule has 0 amide bonds. The van der Waals surface area contributed by atoms with Gasteiger partial charge < -0.3 is 4.74 Å². The third-order valence-electron chi connectivity index (χ3n) is 4.11. The van der Waals surface area contributed by atoms with Crippen molar-refractivity contribution in [1.82, 2.24) is 0 Å². The van der Waals surface area contributed by atoms with Crippen LogP contribution in [0.3, 0.4) is 0 Å². The lowest BCUT2D eigenvalue weighted by molar-refractivity contribution is -0.0578. The Bertz CT molecular complexity index is 215. The number of rotatable bonds is 2. The summed E-state index contributed by atoms with van der Waals surface area (Å²) in [5, 5.41) is 0. The molecule has 1 aliphatic heterocycles. The summed E-state index contributed by atoms with van der Waals surface area (Å²) < 4.78 is 6.03. The molecular formula is C14H24O. The van der Waals surface area contributed by atoms with Gasteiger partial charge in [-0.2, -0.15) is 0 Å². The van der Waals surface area contributed by atoms with Crippen molar-refractivity contribution in [3.05, 3.63) is 12.2 Å². The van der Waals surface area contributed by atoms with Gasteiger partial charge >= 0.3 is 0 Å². The van der Waals surface area contributed by atoms with Crippen molar-refractivity contribution in [3.8, 4) is 0 Å². The van der Waals surface area contributed by atoms with Gasteiger partial charge in [-0.1, -0.05) is 31.4 Å². The summed E-state index contributed by atoms with van der Waals surface area (Å²) >= 11 is 0. The Morgan fingerprint density at radius 2 is 1.80 bits per heavy atom. The van der Waals surface area contributed by atoms with Crippen LogP contribution in [0.25, 0.3) is 0 Å². The molecular weight excluding hydrogens is 184 g/mol. The molecule has 2 rings (SSSR count). The SMILES string of the molecule is C=C(C)[C@H]1CCCO[C@@H]1C1CCCCC1. The normalized spacial score (nSPS) is 33.9. The summed E-state index contributed by atoms with van der Waals surface area (Å²) in [5.41, 5.74) is 1.34. The van der Waals surface area contributed by atoms with E-state index in [9.17, 15) is 0 Å². The van der Waals surface area contributed by atoms with E-state index in [1.807, 2.05) is 0 Å². The molecule has 1 saturated heterocycles. The zero-order valence-electron chi connectivity index (χ0n) is 10.0. The topological polar surface area (TPSA) is 9.23 Å². The van der Waals surface area contributed by atoms with Crippen molar-refractivity contribution in [2.24, 2.45) is 11.8 Å². The largest absolute Gasteiger partial charge is 0.377 e. The van der Waals surface area contributed by atoms with Crippen LogP contribution in [0.1, 0.15) is 51.9 Å². The zero-order valence-corrected chi connectivity index (χ0v) is 10.0. The van der Waals surface area contributed by atoms with E-state index in [1.165, 1.54) is 50.5 Å². The Morgan fingerprint density at radius 1 is 1.07 bits per heavy atom. The fourth-order valence-corrected chi connectivity index (χ4v) is 3.26. The molecule has 0 bridgehead atoms. The van der Waals surface area contributed by atoms with Crippen molar-refractivity contribution < 1.29 is 4.74 Å².